The molecule has 0 amide bonds. The van der Waals surface area contributed by atoms with Gasteiger partial charge in [-0.3, -0.25) is 0 Å². The van der Waals surface area contributed by atoms with E-state index in [1.807, 2.05) is 36.4 Å². The minimum Gasteiger partial charge on any atom is -0.339 e. The van der Waals surface area contributed by atoms with Crippen LogP contribution >= 0.6 is 0 Å². The van der Waals surface area contributed by atoms with E-state index in [-0.39, 0.29) is 0 Å². The highest BCUT2D eigenvalue weighted by atomic mass is 15.3. The summed E-state index contributed by atoms with van der Waals surface area (Å²) in [4.78, 5) is 4.45. The number of anilines is 4. The first-order valence-electron chi connectivity index (χ1n) is 8.00. The zero-order chi connectivity index (χ0) is 16.9. The lowest BCUT2D eigenvalue weighted by Gasteiger charge is -2.09. The van der Waals surface area contributed by atoms with Crippen molar-refractivity contribution in [2.75, 3.05) is 10.6 Å². The van der Waals surface area contributed by atoms with Gasteiger partial charge in [0.15, 0.2) is 5.82 Å². The van der Waals surface area contributed by atoms with Gasteiger partial charge in [0.1, 0.15) is 0 Å². The number of rotatable bonds is 5. The molecule has 0 radical (unpaired) electrons. The van der Waals surface area contributed by atoms with E-state index in [2.05, 4.69) is 58.7 Å². The Bertz CT molecular complexity index is 795. The van der Waals surface area contributed by atoms with Gasteiger partial charge < -0.3 is 10.6 Å². The molecule has 0 aliphatic rings. The summed E-state index contributed by atoms with van der Waals surface area (Å²) in [5, 5.41) is 14.4. The number of nitrogens with one attached hydrogen (secondary N) is 2. The number of hydrogen-bond acceptors (Lipinski definition) is 5. The van der Waals surface area contributed by atoms with Gasteiger partial charge in [-0.25, -0.2) is 0 Å². The van der Waals surface area contributed by atoms with E-state index in [4.69, 9.17) is 0 Å². The fourth-order valence-corrected chi connectivity index (χ4v) is 2.28. The Morgan fingerprint density at radius 1 is 0.833 bits per heavy atom. The van der Waals surface area contributed by atoms with E-state index in [0.717, 1.165) is 11.4 Å². The normalized spacial score (nSPS) is 10.7. The molecule has 24 heavy (non-hydrogen) atoms. The average Bonchev–Trinajstić information content (AvgIpc) is 2.58. The molecule has 122 valence electrons. The van der Waals surface area contributed by atoms with Gasteiger partial charge in [-0.15, -0.1) is 5.10 Å². The second-order valence-corrected chi connectivity index (χ2v) is 6.06. The van der Waals surface area contributed by atoms with Gasteiger partial charge >= 0.3 is 0 Å². The van der Waals surface area contributed by atoms with Gasteiger partial charge in [0.25, 0.3) is 0 Å². The van der Waals surface area contributed by atoms with E-state index < -0.39 is 0 Å². The summed E-state index contributed by atoms with van der Waals surface area (Å²) >= 11 is 0. The molecule has 5 nitrogen and oxygen atoms in total. The summed E-state index contributed by atoms with van der Waals surface area (Å²) < 4.78 is 0. The molecule has 0 fully saturated rings. The average molecular weight is 319 g/mol. The highest BCUT2D eigenvalue weighted by Crippen LogP contribution is 2.20. The van der Waals surface area contributed by atoms with Crippen molar-refractivity contribution in [3.05, 3.63) is 65.9 Å². The maximum Gasteiger partial charge on any atom is 0.249 e. The first-order chi connectivity index (χ1) is 11.6. The molecular formula is C19H21N5. The maximum absolute atomic E-state index is 4.45. The Balaban J connectivity index is 1.71. The second kappa shape index (κ2) is 7.08. The summed E-state index contributed by atoms with van der Waals surface area (Å²) in [6.45, 7) is 6.41. The van der Waals surface area contributed by atoms with Crippen LogP contribution in [0, 0.1) is 6.92 Å². The van der Waals surface area contributed by atoms with Gasteiger partial charge in [0, 0.05) is 11.4 Å². The lowest BCUT2D eigenvalue weighted by Crippen LogP contribution is -2.02. The van der Waals surface area contributed by atoms with Crippen LogP contribution in [0.15, 0.2) is 54.7 Å². The van der Waals surface area contributed by atoms with E-state index >= 15 is 0 Å². The predicted molar refractivity (Wildman–Crippen MR) is 98.1 cm³/mol. The van der Waals surface area contributed by atoms with E-state index in [1.54, 1.807) is 6.20 Å². The second-order valence-electron chi connectivity index (χ2n) is 6.06. The van der Waals surface area contributed by atoms with Crippen molar-refractivity contribution in [3.8, 4) is 0 Å². The first-order valence-corrected chi connectivity index (χ1v) is 8.00. The van der Waals surface area contributed by atoms with Crippen molar-refractivity contribution in [3.63, 3.8) is 0 Å². The third-order valence-corrected chi connectivity index (χ3v) is 3.72. The summed E-state index contributed by atoms with van der Waals surface area (Å²) in [5.41, 5.74) is 4.42. The van der Waals surface area contributed by atoms with Gasteiger partial charge in [-0.2, -0.15) is 10.1 Å². The Labute approximate surface area is 142 Å². The molecule has 0 saturated heterocycles. The van der Waals surface area contributed by atoms with Crippen molar-refractivity contribution < 1.29 is 0 Å². The lowest BCUT2D eigenvalue weighted by molar-refractivity contribution is 0.867. The first kappa shape index (κ1) is 15.9. The van der Waals surface area contributed by atoms with Crippen LogP contribution in [-0.2, 0) is 0 Å². The lowest BCUT2D eigenvalue weighted by atomic mass is 10.0. The third kappa shape index (κ3) is 4.07. The topological polar surface area (TPSA) is 62.7 Å². The van der Waals surface area contributed by atoms with Crippen molar-refractivity contribution in [1.82, 2.24) is 15.2 Å². The van der Waals surface area contributed by atoms with Crippen molar-refractivity contribution in [2.24, 2.45) is 0 Å². The fraction of sp³-hybridized carbons (Fsp3) is 0.211. The number of benzene rings is 2. The summed E-state index contributed by atoms with van der Waals surface area (Å²) in [5.74, 6) is 1.62. The minimum absolute atomic E-state index is 0.462. The van der Waals surface area contributed by atoms with Crippen molar-refractivity contribution in [2.45, 2.75) is 26.7 Å². The Hall–Kier alpha value is -2.95. The number of aryl methyl sites for hydroxylation is 1. The Morgan fingerprint density at radius 3 is 2.12 bits per heavy atom. The minimum atomic E-state index is 0.462. The van der Waals surface area contributed by atoms with Crippen LogP contribution in [0.1, 0.15) is 30.9 Å². The smallest absolute Gasteiger partial charge is 0.249 e. The Kier molecular flexibility index (Phi) is 4.70. The molecule has 0 bridgehead atoms. The van der Waals surface area contributed by atoms with Crippen molar-refractivity contribution >= 4 is 23.1 Å². The molecule has 0 spiro atoms. The maximum atomic E-state index is 4.45. The van der Waals surface area contributed by atoms with Crippen LogP contribution < -0.4 is 10.6 Å². The molecule has 3 aromatic rings. The molecule has 0 atom stereocenters. The van der Waals surface area contributed by atoms with Crippen LogP contribution in [0.25, 0.3) is 0 Å². The third-order valence-electron chi connectivity index (χ3n) is 3.72. The zero-order valence-electron chi connectivity index (χ0n) is 14.1. The monoisotopic (exact) mass is 319 g/mol. The molecule has 1 aromatic heterocycles. The zero-order valence-corrected chi connectivity index (χ0v) is 14.1. The number of nitrogens with zero attached hydrogens (tertiary/aromatic N) is 3. The summed E-state index contributed by atoms with van der Waals surface area (Å²) in [7, 11) is 0. The van der Waals surface area contributed by atoms with Crippen LogP contribution in [0.2, 0.25) is 0 Å². The molecule has 2 N–H and O–H groups in total. The van der Waals surface area contributed by atoms with Gasteiger partial charge in [0.05, 0.1) is 6.20 Å². The van der Waals surface area contributed by atoms with Crippen LogP contribution in [-0.4, -0.2) is 15.2 Å². The van der Waals surface area contributed by atoms with Crippen LogP contribution in [0.4, 0.5) is 23.1 Å². The highest BCUT2D eigenvalue weighted by Gasteiger charge is 2.03. The van der Waals surface area contributed by atoms with E-state index in [0.29, 0.717) is 17.7 Å². The quantitative estimate of drug-likeness (QED) is 0.708. The fourth-order valence-electron chi connectivity index (χ4n) is 2.28. The largest absolute Gasteiger partial charge is 0.339 e. The SMILES string of the molecule is Cc1ccc(Nc2cnnc(Nc3ccc(C(C)C)cc3)n2)cc1. The molecule has 0 saturated carbocycles. The molecule has 2 aromatic carbocycles. The number of hydrogen-bond donors (Lipinski definition) is 2. The van der Waals surface area contributed by atoms with Crippen LogP contribution in [0.5, 0.6) is 0 Å². The van der Waals surface area contributed by atoms with E-state index in [9.17, 15) is 0 Å². The Morgan fingerprint density at radius 2 is 1.46 bits per heavy atom. The molecule has 0 unspecified atom stereocenters. The molecular weight excluding hydrogens is 298 g/mol. The molecule has 0 aliphatic carbocycles. The predicted octanol–water partition coefficient (Wildman–Crippen LogP) is 4.79. The van der Waals surface area contributed by atoms with E-state index in [1.165, 1.54) is 11.1 Å². The highest BCUT2D eigenvalue weighted by molar-refractivity contribution is 5.59. The van der Waals surface area contributed by atoms with Crippen molar-refractivity contribution in [1.29, 1.82) is 0 Å². The molecule has 1 heterocycles. The van der Waals surface area contributed by atoms with Gasteiger partial charge in [-0.1, -0.05) is 43.7 Å². The van der Waals surface area contributed by atoms with Gasteiger partial charge in [-0.05, 0) is 42.7 Å². The molecule has 5 heteroatoms. The molecule has 3 rings (SSSR count). The molecule has 0 aliphatic heterocycles. The summed E-state index contributed by atoms with van der Waals surface area (Å²) in [6, 6.07) is 16.4. The van der Waals surface area contributed by atoms with Gasteiger partial charge in [0.2, 0.25) is 5.95 Å². The number of aromatic nitrogens is 3. The van der Waals surface area contributed by atoms with Crippen LogP contribution in [0.3, 0.4) is 0 Å². The summed E-state index contributed by atoms with van der Waals surface area (Å²) in [6.07, 6.45) is 1.60. The standard InChI is InChI=1S/C19H21N5/c1-13(2)15-6-10-17(11-7-15)22-19-23-18(12-20-24-19)21-16-8-4-14(3)5-9-16/h4-13H,1-3H3,(H2,21,22,23,24).